The van der Waals surface area contributed by atoms with Crippen LogP contribution in [0.15, 0.2) is 42.5 Å². The van der Waals surface area contributed by atoms with Crippen molar-refractivity contribution in [1.82, 2.24) is 9.88 Å². The number of hydrogen-bond acceptors (Lipinski definition) is 8. The van der Waals surface area contributed by atoms with Gasteiger partial charge < -0.3 is 25.6 Å². The van der Waals surface area contributed by atoms with Gasteiger partial charge in [-0.1, -0.05) is 18.2 Å². The number of hydrogen-bond donors (Lipinski definition) is 3. The molecule has 4 N–H and O–H groups in total. The number of amides is 1. The van der Waals surface area contributed by atoms with E-state index < -0.39 is 17.8 Å². The van der Waals surface area contributed by atoms with Crippen LogP contribution in [0, 0.1) is 5.82 Å². The summed E-state index contributed by atoms with van der Waals surface area (Å²) in [7, 11) is 1.64. The van der Waals surface area contributed by atoms with Gasteiger partial charge in [0.15, 0.2) is 6.29 Å². The molecule has 0 aliphatic carbocycles. The number of anilines is 2. The Kier molecular flexibility index (Phi) is 8.65. The summed E-state index contributed by atoms with van der Waals surface area (Å²) in [5.41, 5.74) is 7.86. The minimum absolute atomic E-state index is 0.209. The number of primary amides is 1. The lowest BCUT2D eigenvalue weighted by molar-refractivity contribution is -0.164. The van der Waals surface area contributed by atoms with Crippen molar-refractivity contribution in [2.45, 2.75) is 32.2 Å². The Labute approximate surface area is 213 Å². The molecular weight excluding hydrogens is 483 g/mol. The minimum Gasteiger partial charge on any atom is -0.393 e. The zero-order valence-corrected chi connectivity index (χ0v) is 21.2. The van der Waals surface area contributed by atoms with Gasteiger partial charge in [-0.15, -0.1) is 11.3 Å². The molecule has 10 heteroatoms. The van der Waals surface area contributed by atoms with Crippen LogP contribution in [0.5, 0.6) is 0 Å². The monoisotopic (exact) mass is 514 g/mol. The molecule has 0 bridgehead atoms. The second-order valence-corrected chi connectivity index (χ2v) is 9.86. The maximum Gasteiger partial charge on any atom is 0.251 e. The fourth-order valence-corrected chi connectivity index (χ4v) is 5.21. The third-order valence-electron chi connectivity index (χ3n) is 5.94. The first-order chi connectivity index (χ1) is 17.3. The second kappa shape index (κ2) is 11.9. The Morgan fingerprint density at radius 3 is 2.94 bits per heavy atom. The van der Waals surface area contributed by atoms with Crippen LogP contribution in [0.25, 0.3) is 10.4 Å². The highest BCUT2D eigenvalue weighted by Crippen LogP contribution is 2.38. The van der Waals surface area contributed by atoms with Crippen LogP contribution in [0.3, 0.4) is 0 Å². The van der Waals surface area contributed by atoms with Crippen molar-refractivity contribution >= 4 is 28.1 Å². The van der Waals surface area contributed by atoms with Crippen molar-refractivity contribution in [1.29, 1.82) is 0 Å². The van der Waals surface area contributed by atoms with E-state index in [1.807, 2.05) is 18.2 Å². The van der Waals surface area contributed by atoms with Gasteiger partial charge in [-0.25, -0.2) is 9.37 Å². The number of halogens is 1. The number of carbonyl (C=O) groups is 1. The highest BCUT2D eigenvalue weighted by Gasteiger charge is 2.20. The molecule has 192 valence electrons. The van der Waals surface area contributed by atoms with E-state index in [1.165, 1.54) is 17.4 Å². The Morgan fingerprint density at radius 2 is 2.22 bits per heavy atom. The Balaban J connectivity index is 1.49. The largest absolute Gasteiger partial charge is 0.393 e. The van der Waals surface area contributed by atoms with Crippen LogP contribution >= 0.6 is 11.3 Å². The first kappa shape index (κ1) is 26.2. The number of nitrogens with one attached hydrogen (secondary N) is 1. The number of pyridine rings is 1. The third kappa shape index (κ3) is 6.65. The molecule has 2 atom stereocenters. The van der Waals surface area contributed by atoms with Gasteiger partial charge in [0, 0.05) is 49.3 Å². The van der Waals surface area contributed by atoms with Crippen molar-refractivity contribution in [2.75, 3.05) is 38.7 Å². The molecule has 0 spiro atoms. The summed E-state index contributed by atoms with van der Waals surface area (Å²) < 4.78 is 25.7. The summed E-state index contributed by atoms with van der Waals surface area (Å²) in [4.78, 5) is 19.7. The average Bonchev–Trinajstić information content (AvgIpc) is 3.26. The smallest absolute Gasteiger partial charge is 0.251 e. The van der Waals surface area contributed by atoms with Crippen LogP contribution in [-0.2, 0) is 22.3 Å². The summed E-state index contributed by atoms with van der Waals surface area (Å²) in [6.07, 6.45) is 0.337. The van der Waals surface area contributed by atoms with Gasteiger partial charge in [0.1, 0.15) is 16.6 Å². The molecule has 8 nitrogen and oxygen atoms in total. The van der Waals surface area contributed by atoms with Crippen LogP contribution in [0.4, 0.5) is 15.2 Å². The maximum atomic E-state index is 14.8. The lowest BCUT2D eigenvalue weighted by Gasteiger charge is -2.31. The molecule has 1 saturated heterocycles. The van der Waals surface area contributed by atoms with Crippen molar-refractivity contribution < 1.29 is 23.8 Å². The number of aliphatic hydroxyl groups is 1. The molecule has 36 heavy (non-hydrogen) atoms. The third-order valence-corrected chi connectivity index (χ3v) is 7.03. The van der Waals surface area contributed by atoms with E-state index >= 15 is 0 Å². The van der Waals surface area contributed by atoms with Gasteiger partial charge in [0.05, 0.1) is 18.3 Å². The summed E-state index contributed by atoms with van der Waals surface area (Å²) in [6, 6.07) is 12.1. The molecular formula is C26H31FN4O4S. The molecule has 4 rings (SSSR count). The Morgan fingerprint density at radius 1 is 1.39 bits per heavy atom. The van der Waals surface area contributed by atoms with Gasteiger partial charge in [-0.05, 0) is 43.2 Å². The zero-order chi connectivity index (χ0) is 25.7. The molecule has 1 aliphatic heterocycles. The van der Waals surface area contributed by atoms with Crippen LogP contribution in [0.2, 0.25) is 0 Å². The highest BCUT2D eigenvalue weighted by molar-refractivity contribution is 7.19. The number of morpholine rings is 1. The fourth-order valence-electron chi connectivity index (χ4n) is 4.12. The van der Waals surface area contributed by atoms with Crippen molar-refractivity contribution in [3.05, 3.63) is 65.1 Å². The van der Waals surface area contributed by atoms with Crippen LogP contribution in [0.1, 0.15) is 28.5 Å². The van der Waals surface area contributed by atoms with E-state index in [9.17, 15) is 14.3 Å². The molecule has 1 aliphatic rings. The molecule has 3 aromatic rings. The number of aromatic nitrogens is 1. The standard InChI is InChI=1S/C26H31FN4O4S/c1-16(32)12-17-6-7-19(21(27)13-17)22-14-20(25(28)33)26(36-22)30-23-5-3-4-18(29-23)8-9-31-10-11-35-24(15-31)34-2/h3-7,13-14,16,24,32H,8-12,15H2,1-2H3,(H2,28,33)(H,29,30). The molecule has 1 aromatic carbocycles. The Hall–Kier alpha value is -2.89. The summed E-state index contributed by atoms with van der Waals surface area (Å²) >= 11 is 1.24. The van der Waals surface area contributed by atoms with Crippen molar-refractivity contribution in [3.8, 4) is 10.4 Å². The highest BCUT2D eigenvalue weighted by atomic mass is 32.1. The normalized spacial score (nSPS) is 17.2. The number of rotatable bonds is 10. The summed E-state index contributed by atoms with van der Waals surface area (Å²) in [5, 5.41) is 13.3. The summed E-state index contributed by atoms with van der Waals surface area (Å²) in [5.74, 6) is -0.453. The predicted molar refractivity (Wildman–Crippen MR) is 138 cm³/mol. The van der Waals surface area contributed by atoms with Crippen molar-refractivity contribution in [2.24, 2.45) is 5.73 Å². The molecule has 0 radical (unpaired) electrons. The number of nitrogens with zero attached hydrogens (tertiary/aromatic N) is 2. The van der Waals surface area contributed by atoms with E-state index in [1.54, 1.807) is 32.2 Å². The number of aliphatic hydroxyl groups excluding tert-OH is 1. The molecule has 1 fully saturated rings. The average molecular weight is 515 g/mol. The van der Waals surface area contributed by atoms with E-state index in [2.05, 4.69) is 15.2 Å². The predicted octanol–water partition coefficient (Wildman–Crippen LogP) is 3.56. The first-order valence-corrected chi connectivity index (χ1v) is 12.6. The van der Waals surface area contributed by atoms with E-state index in [0.29, 0.717) is 46.4 Å². The molecule has 2 unspecified atom stereocenters. The lowest BCUT2D eigenvalue weighted by Crippen LogP contribution is -2.44. The number of nitrogens with two attached hydrogens (primary N) is 1. The lowest BCUT2D eigenvalue weighted by atomic mass is 10.0. The van der Waals surface area contributed by atoms with E-state index in [-0.39, 0.29) is 11.9 Å². The second-order valence-electron chi connectivity index (χ2n) is 8.81. The van der Waals surface area contributed by atoms with Crippen molar-refractivity contribution in [3.63, 3.8) is 0 Å². The van der Waals surface area contributed by atoms with Gasteiger partial charge >= 0.3 is 0 Å². The van der Waals surface area contributed by atoms with Gasteiger partial charge in [-0.2, -0.15) is 0 Å². The fraction of sp³-hybridized carbons (Fsp3) is 0.385. The van der Waals surface area contributed by atoms with Crippen LogP contribution in [-0.4, -0.2) is 66.6 Å². The van der Waals surface area contributed by atoms with Gasteiger partial charge in [-0.3, -0.25) is 9.69 Å². The van der Waals surface area contributed by atoms with Crippen LogP contribution < -0.4 is 11.1 Å². The zero-order valence-electron chi connectivity index (χ0n) is 20.4. The number of carbonyl (C=O) groups excluding carboxylic acids is 1. The molecule has 0 saturated carbocycles. The number of thiophene rings is 1. The van der Waals surface area contributed by atoms with E-state index in [4.69, 9.17) is 15.2 Å². The van der Waals surface area contributed by atoms with E-state index in [0.717, 1.165) is 25.2 Å². The Bertz CT molecular complexity index is 1200. The summed E-state index contributed by atoms with van der Waals surface area (Å²) in [6.45, 7) is 4.66. The molecule has 1 amide bonds. The number of ether oxygens (including phenoxy) is 2. The quantitative estimate of drug-likeness (QED) is 0.379. The maximum absolute atomic E-state index is 14.8. The van der Waals surface area contributed by atoms with Gasteiger partial charge in [0.2, 0.25) is 0 Å². The van der Waals surface area contributed by atoms with Gasteiger partial charge in [0.25, 0.3) is 5.91 Å². The molecule has 3 heterocycles. The first-order valence-electron chi connectivity index (χ1n) is 11.8. The number of methoxy groups -OCH3 is 1. The topological polar surface area (TPSA) is 110 Å². The minimum atomic E-state index is -0.609. The SMILES string of the molecule is COC1CN(CCc2cccc(Nc3sc(-c4ccc(CC(C)O)cc4F)cc3C(N)=O)n2)CCO1. The number of benzene rings is 1. The molecule has 2 aromatic heterocycles.